The molecule has 0 aliphatic heterocycles. The minimum atomic E-state index is -2.86. The Labute approximate surface area is 85.9 Å². The van der Waals surface area contributed by atoms with E-state index < -0.39 is 14.2 Å². The minimum Gasteiger partial charge on any atom is -0.538 e. The normalized spacial score (nSPS) is 49.6. The molecule has 2 saturated carbocycles. The molecule has 0 aromatic heterocycles. The summed E-state index contributed by atoms with van der Waals surface area (Å²) in [5, 5.41) is 9.02. The maximum Gasteiger partial charge on any atom is 0.534 e. The first-order valence-corrected chi connectivity index (χ1v) is 6.57. The number of hydrogen-bond donors (Lipinski definition) is 2. The van der Waals surface area contributed by atoms with Crippen molar-refractivity contribution in [1.82, 2.24) is 0 Å². The van der Waals surface area contributed by atoms with Crippen molar-refractivity contribution < 1.29 is 14.4 Å². The lowest BCUT2D eigenvalue weighted by Crippen LogP contribution is -2.54. The van der Waals surface area contributed by atoms with E-state index in [-0.39, 0.29) is 10.8 Å². The van der Waals surface area contributed by atoms with Crippen molar-refractivity contribution in [3.8, 4) is 0 Å². The van der Waals surface area contributed by atoms with Crippen molar-refractivity contribution in [2.45, 2.75) is 45.3 Å². The summed E-state index contributed by atoms with van der Waals surface area (Å²) >= 11 is 0. The van der Waals surface area contributed by atoms with Crippen LogP contribution in [0.5, 0.6) is 0 Å². The quantitative estimate of drug-likeness (QED) is 0.641. The van der Waals surface area contributed by atoms with Gasteiger partial charge in [-0.15, -0.1) is 0 Å². The molecule has 2 bridgehead atoms. The van der Waals surface area contributed by atoms with Gasteiger partial charge in [0.25, 0.3) is 0 Å². The Bertz CT molecular complexity index is 302. The molecular formula is C10H18O3Si. The van der Waals surface area contributed by atoms with Crippen molar-refractivity contribution in [3.63, 3.8) is 0 Å². The van der Waals surface area contributed by atoms with E-state index in [9.17, 15) is 14.4 Å². The summed E-state index contributed by atoms with van der Waals surface area (Å²) in [6.45, 7) is 6.21. The van der Waals surface area contributed by atoms with Gasteiger partial charge in [0.15, 0.2) is 0 Å². The van der Waals surface area contributed by atoms with Gasteiger partial charge in [0.2, 0.25) is 0 Å². The van der Waals surface area contributed by atoms with Crippen molar-refractivity contribution in [1.29, 1.82) is 0 Å². The fourth-order valence-electron chi connectivity index (χ4n) is 3.60. The molecule has 0 amide bonds. The summed E-state index contributed by atoms with van der Waals surface area (Å²) < 4.78 is 11.3. The van der Waals surface area contributed by atoms with Crippen molar-refractivity contribution >= 4 is 8.93 Å². The smallest absolute Gasteiger partial charge is 0.534 e. The molecule has 0 heterocycles. The average molecular weight is 214 g/mol. The molecule has 14 heavy (non-hydrogen) atoms. The van der Waals surface area contributed by atoms with Crippen LogP contribution in [0.15, 0.2) is 0 Å². The summed E-state index contributed by atoms with van der Waals surface area (Å²) in [6, 6.07) is 0. The second-order valence-electron chi connectivity index (χ2n) is 5.66. The maximum atomic E-state index is 11.3. The second kappa shape index (κ2) is 2.47. The van der Waals surface area contributed by atoms with Crippen molar-refractivity contribution in [3.05, 3.63) is 0 Å². The summed E-state index contributed by atoms with van der Waals surface area (Å²) in [6.07, 6.45) is 2.46. The van der Waals surface area contributed by atoms with Gasteiger partial charge in [0.1, 0.15) is 5.22 Å². The fourth-order valence-corrected chi connectivity index (χ4v) is 4.94. The molecule has 0 unspecified atom stereocenters. The van der Waals surface area contributed by atoms with E-state index in [0.717, 1.165) is 12.8 Å². The maximum absolute atomic E-state index is 11.3. The van der Waals surface area contributed by atoms with Crippen molar-refractivity contribution in [2.24, 2.45) is 16.7 Å². The zero-order valence-electron chi connectivity index (χ0n) is 9.00. The van der Waals surface area contributed by atoms with Gasteiger partial charge in [-0.25, -0.2) is 0 Å². The monoisotopic (exact) mass is 214 g/mol. The Morgan fingerprint density at radius 3 is 2.14 bits per heavy atom. The molecule has 2 fully saturated rings. The van der Waals surface area contributed by atoms with Gasteiger partial charge in [-0.1, -0.05) is 20.8 Å². The Morgan fingerprint density at radius 2 is 1.93 bits per heavy atom. The van der Waals surface area contributed by atoms with E-state index in [0.29, 0.717) is 12.3 Å². The van der Waals surface area contributed by atoms with Crippen LogP contribution in [0.25, 0.3) is 0 Å². The molecular weight excluding hydrogens is 196 g/mol. The van der Waals surface area contributed by atoms with Crippen LogP contribution in [0.2, 0.25) is 0 Å². The molecule has 3 atom stereocenters. The standard InChI is InChI=1S/C10H18O3Si/c1-8(2)7-4-5-9(8,3)10(11,6-7)14(12)13/h7,11-12H,4-6H2,1-3H3/t7-,9-,10+/m1/s1. The fraction of sp³-hybridized carbons (Fsp3) is 1.00. The molecule has 0 saturated heterocycles. The molecule has 2 aliphatic rings. The van der Waals surface area contributed by atoms with Gasteiger partial charge in [-0.2, -0.15) is 0 Å². The van der Waals surface area contributed by atoms with E-state index in [1.165, 1.54) is 0 Å². The van der Waals surface area contributed by atoms with Crippen LogP contribution >= 0.6 is 0 Å². The lowest BCUT2D eigenvalue weighted by atomic mass is 9.69. The predicted molar refractivity (Wildman–Crippen MR) is 52.8 cm³/mol. The molecule has 4 heteroatoms. The highest BCUT2D eigenvalue weighted by Gasteiger charge is 2.72. The van der Waals surface area contributed by atoms with Crippen LogP contribution in [0, 0.1) is 16.7 Å². The zero-order chi connectivity index (χ0) is 10.8. The van der Waals surface area contributed by atoms with Gasteiger partial charge in [0.05, 0.1) is 0 Å². The van der Waals surface area contributed by atoms with Crippen LogP contribution in [0.1, 0.15) is 40.0 Å². The van der Waals surface area contributed by atoms with E-state index in [4.69, 9.17) is 0 Å². The highest BCUT2D eigenvalue weighted by molar-refractivity contribution is 6.38. The second-order valence-corrected chi connectivity index (χ2v) is 7.10. The third kappa shape index (κ3) is 0.823. The van der Waals surface area contributed by atoms with E-state index in [1.54, 1.807) is 0 Å². The van der Waals surface area contributed by atoms with Gasteiger partial charge in [-0.05, 0) is 30.6 Å². The molecule has 0 radical (unpaired) electrons. The minimum absolute atomic E-state index is 0.00912. The van der Waals surface area contributed by atoms with Gasteiger partial charge < -0.3 is 14.4 Å². The van der Waals surface area contributed by atoms with Crippen molar-refractivity contribution in [2.75, 3.05) is 0 Å². The third-order valence-corrected chi connectivity index (χ3v) is 6.71. The largest absolute Gasteiger partial charge is 0.538 e. The molecule has 0 aromatic rings. The van der Waals surface area contributed by atoms with Gasteiger partial charge in [0, 0.05) is 5.41 Å². The first-order valence-electron chi connectivity index (χ1n) is 5.21. The SMILES string of the molecule is CC1(C)[C@@H]2CC[C@@]1(C)[C@@](O)([Si](=O)O)C2. The van der Waals surface area contributed by atoms with Gasteiger partial charge >= 0.3 is 8.93 Å². The lowest BCUT2D eigenvalue weighted by Gasteiger charge is -2.42. The lowest BCUT2D eigenvalue weighted by molar-refractivity contribution is -0.0416. The first-order chi connectivity index (χ1) is 6.26. The Balaban J connectivity index is 2.50. The summed E-state index contributed by atoms with van der Waals surface area (Å²) in [7, 11) is -2.86. The number of fused-ring (bicyclic) bond motifs is 2. The molecule has 0 aromatic carbocycles. The number of hydrogen-bond acceptors (Lipinski definition) is 2. The first kappa shape index (κ1) is 10.3. The topological polar surface area (TPSA) is 57.5 Å². The Kier molecular flexibility index (Phi) is 1.82. The molecule has 2 rings (SSSR count). The molecule has 2 N–H and O–H groups in total. The molecule has 80 valence electrons. The average Bonchev–Trinajstić information content (AvgIpc) is 2.36. The van der Waals surface area contributed by atoms with Crippen LogP contribution in [0.3, 0.4) is 0 Å². The third-order valence-electron chi connectivity index (χ3n) is 5.24. The summed E-state index contributed by atoms with van der Waals surface area (Å²) in [4.78, 5) is 9.33. The molecule has 0 spiro atoms. The number of aliphatic hydroxyl groups is 1. The predicted octanol–water partition coefficient (Wildman–Crippen LogP) is 1.01. The Morgan fingerprint density at radius 1 is 1.36 bits per heavy atom. The van der Waals surface area contributed by atoms with E-state index in [1.807, 2.05) is 6.92 Å². The number of rotatable bonds is 1. The van der Waals surface area contributed by atoms with Gasteiger partial charge in [-0.3, -0.25) is 0 Å². The van der Waals surface area contributed by atoms with Crippen LogP contribution < -0.4 is 0 Å². The van der Waals surface area contributed by atoms with Crippen LogP contribution in [0.4, 0.5) is 0 Å². The molecule has 2 aliphatic carbocycles. The zero-order valence-corrected chi connectivity index (χ0v) is 10.0. The van der Waals surface area contributed by atoms with Crippen LogP contribution in [-0.4, -0.2) is 24.1 Å². The highest BCUT2D eigenvalue weighted by atomic mass is 28.3. The van der Waals surface area contributed by atoms with E-state index in [2.05, 4.69) is 13.8 Å². The Hall–Kier alpha value is -0.223. The summed E-state index contributed by atoms with van der Waals surface area (Å²) in [5.74, 6) is 0.401. The van der Waals surface area contributed by atoms with E-state index >= 15 is 0 Å². The van der Waals surface area contributed by atoms with Crippen LogP contribution in [-0.2, 0) is 4.46 Å². The molecule has 3 nitrogen and oxygen atoms in total. The summed E-state index contributed by atoms with van der Waals surface area (Å²) in [5.41, 5.74) is -0.389. The highest BCUT2D eigenvalue weighted by Crippen LogP contribution is 2.69.